The van der Waals surface area contributed by atoms with Crippen molar-refractivity contribution in [2.45, 2.75) is 32.5 Å². The first-order chi connectivity index (χ1) is 5.44. The SMILES string of the molecule is CC(C)C1(O)CN(C[C@H](C)O)C1. The van der Waals surface area contributed by atoms with Gasteiger partial charge in [0.25, 0.3) is 0 Å². The van der Waals surface area contributed by atoms with E-state index in [1.165, 1.54) is 0 Å². The number of hydrogen-bond acceptors (Lipinski definition) is 3. The van der Waals surface area contributed by atoms with Crippen LogP contribution in [0.5, 0.6) is 0 Å². The van der Waals surface area contributed by atoms with Crippen LogP contribution in [0, 0.1) is 5.92 Å². The minimum absolute atomic E-state index is 0.290. The van der Waals surface area contributed by atoms with Gasteiger partial charge in [-0.05, 0) is 12.8 Å². The molecule has 0 saturated carbocycles. The van der Waals surface area contributed by atoms with Crippen molar-refractivity contribution >= 4 is 0 Å². The van der Waals surface area contributed by atoms with Crippen LogP contribution in [-0.4, -0.2) is 46.5 Å². The topological polar surface area (TPSA) is 43.7 Å². The van der Waals surface area contributed by atoms with E-state index in [9.17, 15) is 5.11 Å². The van der Waals surface area contributed by atoms with E-state index in [4.69, 9.17) is 5.11 Å². The maximum Gasteiger partial charge on any atom is 0.0922 e. The molecule has 3 heteroatoms. The zero-order valence-corrected chi connectivity index (χ0v) is 8.12. The van der Waals surface area contributed by atoms with Gasteiger partial charge in [-0.15, -0.1) is 0 Å². The third-order valence-corrected chi connectivity index (χ3v) is 2.59. The summed E-state index contributed by atoms with van der Waals surface area (Å²) in [5, 5.41) is 18.9. The van der Waals surface area contributed by atoms with Crippen molar-refractivity contribution in [3.05, 3.63) is 0 Å². The molecule has 1 saturated heterocycles. The molecule has 1 atom stereocenters. The molecule has 3 nitrogen and oxygen atoms in total. The molecule has 12 heavy (non-hydrogen) atoms. The number of hydrogen-bond donors (Lipinski definition) is 2. The molecule has 0 aromatic carbocycles. The summed E-state index contributed by atoms with van der Waals surface area (Å²) >= 11 is 0. The van der Waals surface area contributed by atoms with Crippen molar-refractivity contribution in [1.29, 1.82) is 0 Å². The Balaban J connectivity index is 2.27. The minimum Gasteiger partial charge on any atom is -0.392 e. The van der Waals surface area contributed by atoms with E-state index in [0.717, 1.165) is 0 Å². The molecule has 2 N–H and O–H groups in total. The Bertz CT molecular complexity index is 151. The summed E-state index contributed by atoms with van der Waals surface area (Å²) in [5.74, 6) is 0.308. The van der Waals surface area contributed by atoms with Crippen LogP contribution in [0.2, 0.25) is 0 Å². The third kappa shape index (κ3) is 1.97. The predicted molar refractivity (Wildman–Crippen MR) is 47.9 cm³/mol. The minimum atomic E-state index is -0.505. The van der Waals surface area contributed by atoms with Gasteiger partial charge in [0.2, 0.25) is 0 Å². The van der Waals surface area contributed by atoms with Gasteiger partial charge in [-0.3, -0.25) is 4.90 Å². The van der Waals surface area contributed by atoms with E-state index >= 15 is 0 Å². The molecule has 0 aromatic heterocycles. The highest BCUT2D eigenvalue weighted by molar-refractivity contribution is 4.97. The fourth-order valence-electron chi connectivity index (χ4n) is 1.60. The molecule has 0 spiro atoms. The number of likely N-dealkylation sites (tertiary alicyclic amines) is 1. The van der Waals surface area contributed by atoms with Crippen LogP contribution in [0.15, 0.2) is 0 Å². The Morgan fingerprint density at radius 2 is 1.83 bits per heavy atom. The standard InChI is InChI=1S/C9H19NO2/c1-7(2)9(12)5-10(6-9)4-8(3)11/h7-8,11-12H,4-6H2,1-3H3/t8-/m0/s1. The van der Waals surface area contributed by atoms with Gasteiger partial charge in [0.1, 0.15) is 0 Å². The second-order valence-corrected chi connectivity index (χ2v) is 4.28. The fraction of sp³-hybridized carbons (Fsp3) is 1.00. The first-order valence-electron chi connectivity index (χ1n) is 4.57. The lowest BCUT2D eigenvalue weighted by Gasteiger charge is -2.49. The predicted octanol–water partition coefficient (Wildman–Crippen LogP) is 0.0699. The van der Waals surface area contributed by atoms with Gasteiger partial charge in [-0.25, -0.2) is 0 Å². The Labute approximate surface area is 74.0 Å². The third-order valence-electron chi connectivity index (χ3n) is 2.59. The van der Waals surface area contributed by atoms with Gasteiger partial charge in [0.15, 0.2) is 0 Å². The number of nitrogens with zero attached hydrogens (tertiary/aromatic N) is 1. The second kappa shape index (κ2) is 3.32. The Kier molecular flexibility index (Phi) is 2.76. The Hall–Kier alpha value is -0.120. The molecule has 0 radical (unpaired) electrons. The smallest absolute Gasteiger partial charge is 0.0922 e. The summed E-state index contributed by atoms with van der Waals surface area (Å²) < 4.78 is 0. The van der Waals surface area contributed by atoms with Crippen LogP contribution in [-0.2, 0) is 0 Å². The van der Waals surface area contributed by atoms with Gasteiger partial charge in [0.05, 0.1) is 11.7 Å². The number of rotatable bonds is 3. The Morgan fingerprint density at radius 1 is 1.33 bits per heavy atom. The van der Waals surface area contributed by atoms with E-state index in [0.29, 0.717) is 25.6 Å². The van der Waals surface area contributed by atoms with Crippen molar-refractivity contribution in [3.8, 4) is 0 Å². The molecule has 0 amide bonds. The zero-order chi connectivity index (χ0) is 9.35. The van der Waals surface area contributed by atoms with Crippen LogP contribution in [0.25, 0.3) is 0 Å². The summed E-state index contributed by atoms with van der Waals surface area (Å²) in [6.07, 6.45) is -0.290. The fourth-order valence-corrected chi connectivity index (χ4v) is 1.60. The van der Waals surface area contributed by atoms with Gasteiger partial charge >= 0.3 is 0 Å². The molecule has 0 bridgehead atoms. The molecule has 1 fully saturated rings. The second-order valence-electron chi connectivity index (χ2n) is 4.28. The van der Waals surface area contributed by atoms with Crippen molar-refractivity contribution in [3.63, 3.8) is 0 Å². The summed E-state index contributed by atoms with van der Waals surface area (Å²) in [6.45, 7) is 7.91. The van der Waals surface area contributed by atoms with Crippen LogP contribution in [0.4, 0.5) is 0 Å². The molecule has 0 aliphatic carbocycles. The van der Waals surface area contributed by atoms with Crippen LogP contribution < -0.4 is 0 Å². The lowest BCUT2D eigenvalue weighted by molar-refractivity contribution is -0.134. The van der Waals surface area contributed by atoms with Gasteiger partial charge in [0, 0.05) is 19.6 Å². The molecular formula is C9H19NO2. The van der Waals surface area contributed by atoms with Gasteiger partial charge in [-0.1, -0.05) is 13.8 Å². The van der Waals surface area contributed by atoms with Crippen LogP contribution in [0.1, 0.15) is 20.8 Å². The molecule has 1 heterocycles. The van der Waals surface area contributed by atoms with E-state index < -0.39 is 5.60 Å². The van der Waals surface area contributed by atoms with E-state index in [-0.39, 0.29) is 6.10 Å². The molecule has 1 aliphatic heterocycles. The number of aliphatic hydroxyl groups is 2. The van der Waals surface area contributed by atoms with Gasteiger partial charge in [-0.2, -0.15) is 0 Å². The molecule has 1 rings (SSSR count). The molecule has 0 aromatic rings. The number of aliphatic hydroxyl groups excluding tert-OH is 1. The monoisotopic (exact) mass is 173 g/mol. The highest BCUT2D eigenvalue weighted by atomic mass is 16.3. The van der Waals surface area contributed by atoms with E-state index in [2.05, 4.69) is 4.90 Å². The van der Waals surface area contributed by atoms with Crippen molar-refractivity contribution in [2.75, 3.05) is 19.6 Å². The lowest BCUT2D eigenvalue weighted by Crippen LogP contribution is -2.65. The first-order valence-corrected chi connectivity index (χ1v) is 4.57. The average Bonchev–Trinajstić information content (AvgIpc) is 1.82. The zero-order valence-electron chi connectivity index (χ0n) is 8.12. The van der Waals surface area contributed by atoms with E-state index in [1.807, 2.05) is 13.8 Å². The summed E-state index contributed by atoms with van der Waals surface area (Å²) in [7, 11) is 0. The molecule has 0 unspecified atom stereocenters. The van der Waals surface area contributed by atoms with Crippen molar-refractivity contribution in [2.24, 2.45) is 5.92 Å². The highest BCUT2D eigenvalue weighted by Gasteiger charge is 2.43. The summed E-state index contributed by atoms with van der Waals surface area (Å²) in [6, 6.07) is 0. The molecule has 1 aliphatic rings. The maximum absolute atomic E-state index is 9.85. The Morgan fingerprint density at radius 3 is 2.17 bits per heavy atom. The summed E-state index contributed by atoms with van der Waals surface area (Å²) in [4.78, 5) is 2.07. The van der Waals surface area contributed by atoms with Crippen LogP contribution >= 0.6 is 0 Å². The van der Waals surface area contributed by atoms with Crippen LogP contribution in [0.3, 0.4) is 0 Å². The van der Waals surface area contributed by atoms with Gasteiger partial charge < -0.3 is 10.2 Å². The normalized spacial score (nSPS) is 25.5. The van der Waals surface area contributed by atoms with E-state index in [1.54, 1.807) is 6.92 Å². The first kappa shape index (κ1) is 9.96. The summed E-state index contributed by atoms with van der Waals surface area (Å²) in [5.41, 5.74) is -0.505. The number of β-amino-alcohol motifs (C(OH)–C–C–N with tert-alkyl or cyclic N) is 2. The largest absolute Gasteiger partial charge is 0.392 e. The van der Waals surface area contributed by atoms with Crippen molar-refractivity contribution < 1.29 is 10.2 Å². The average molecular weight is 173 g/mol. The molecule has 72 valence electrons. The lowest BCUT2D eigenvalue weighted by atomic mass is 9.83. The quantitative estimate of drug-likeness (QED) is 0.635. The van der Waals surface area contributed by atoms with Crippen molar-refractivity contribution in [1.82, 2.24) is 4.90 Å². The highest BCUT2D eigenvalue weighted by Crippen LogP contribution is 2.28. The maximum atomic E-state index is 9.85. The molecular weight excluding hydrogens is 154 g/mol.